The Labute approximate surface area is 112 Å². The van der Waals surface area contributed by atoms with E-state index in [-0.39, 0.29) is 0 Å². The first-order chi connectivity index (χ1) is 8.76. The van der Waals surface area contributed by atoms with Crippen molar-refractivity contribution in [2.24, 2.45) is 10.8 Å². The van der Waals surface area contributed by atoms with Crippen LogP contribution in [0, 0.1) is 6.92 Å². The molecule has 0 aromatic carbocycles. The zero-order chi connectivity index (χ0) is 13.2. The smallest absolute Gasteiger partial charge is 0.206 e. The van der Waals surface area contributed by atoms with Crippen molar-refractivity contribution >= 4 is 17.3 Å². The Morgan fingerprint density at radius 2 is 2.44 bits per heavy atom. The molecule has 0 spiro atoms. The van der Waals surface area contributed by atoms with Crippen LogP contribution in [-0.4, -0.2) is 30.7 Å². The van der Waals surface area contributed by atoms with Crippen molar-refractivity contribution in [2.75, 3.05) is 19.8 Å². The maximum atomic E-state index is 5.39. The number of hydrazine groups is 1. The Morgan fingerprint density at radius 3 is 3.06 bits per heavy atom. The van der Waals surface area contributed by atoms with E-state index < -0.39 is 0 Å². The number of nitrogens with zero attached hydrogens (tertiary/aromatic N) is 2. The Bertz CT molecular complexity index is 366. The standard InChI is InChI=1S/C11H21N5OS/c1-3-17-6-4-5-13-11(16-12)14-7-10-15-9(2)8-18-10/h8H,3-7,12H2,1-2H3,(H2,13,14,16). The van der Waals surface area contributed by atoms with Gasteiger partial charge in [-0.25, -0.2) is 15.8 Å². The van der Waals surface area contributed by atoms with E-state index in [0.29, 0.717) is 12.5 Å². The van der Waals surface area contributed by atoms with Gasteiger partial charge in [-0.2, -0.15) is 0 Å². The van der Waals surface area contributed by atoms with Crippen LogP contribution in [0.25, 0.3) is 0 Å². The maximum absolute atomic E-state index is 5.39. The summed E-state index contributed by atoms with van der Waals surface area (Å²) in [5.74, 6) is 5.97. The van der Waals surface area contributed by atoms with Crippen LogP contribution in [0.3, 0.4) is 0 Å². The van der Waals surface area contributed by atoms with E-state index in [0.717, 1.165) is 36.9 Å². The molecular formula is C11H21N5OS. The highest BCUT2D eigenvalue weighted by molar-refractivity contribution is 7.09. The van der Waals surface area contributed by atoms with Gasteiger partial charge in [-0.05, 0) is 20.3 Å². The second kappa shape index (κ2) is 8.84. The van der Waals surface area contributed by atoms with Gasteiger partial charge in [-0.3, -0.25) is 5.43 Å². The van der Waals surface area contributed by atoms with Gasteiger partial charge in [0.25, 0.3) is 0 Å². The van der Waals surface area contributed by atoms with E-state index in [4.69, 9.17) is 10.6 Å². The molecule has 0 amide bonds. The van der Waals surface area contributed by atoms with Crippen LogP contribution in [0.4, 0.5) is 0 Å². The van der Waals surface area contributed by atoms with Gasteiger partial charge in [0.05, 0.1) is 6.54 Å². The summed E-state index contributed by atoms with van der Waals surface area (Å²) in [6.45, 7) is 6.76. The van der Waals surface area contributed by atoms with E-state index in [1.54, 1.807) is 11.3 Å². The van der Waals surface area contributed by atoms with Crippen molar-refractivity contribution in [3.8, 4) is 0 Å². The molecule has 0 aliphatic heterocycles. The number of thiazole rings is 1. The number of aryl methyl sites for hydroxylation is 1. The number of ether oxygens (including phenoxy) is 1. The molecule has 0 radical (unpaired) electrons. The number of nitrogens with two attached hydrogens (primary N) is 1. The molecule has 0 bridgehead atoms. The van der Waals surface area contributed by atoms with Crippen LogP contribution < -0.4 is 16.6 Å². The van der Waals surface area contributed by atoms with Crippen molar-refractivity contribution in [3.05, 3.63) is 16.1 Å². The topological polar surface area (TPSA) is 84.6 Å². The molecule has 1 aromatic heterocycles. The van der Waals surface area contributed by atoms with E-state index in [1.807, 2.05) is 19.2 Å². The lowest BCUT2D eigenvalue weighted by Crippen LogP contribution is -2.42. The minimum atomic E-state index is 0.538. The first-order valence-electron chi connectivity index (χ1n) is 6.00. The van der Waals surface area contributed by atoms with Gasteiger partial charge in [-0.15, -0.1) is 11.3 Å². The number of hydrogen-bond acceptors (Lipinski definition) is 5. The lowest BCUT2D eigenvalue weighted by Gasteiger charge is -2.08. The molecule has 1 heterocycles. The molecule has 0 saturated carbocycles. The third-order valence-corrected chi connectivity index (χ3v) is 3.09. The Hall–Kier alpha value is -1.18. The van der Waals surface area contributed by atoms with Gasteiger partial charge in [0, 0.05) is 30.8 Å². The number of hydrogen-bond donors (Lipinski definition) is 3. The summed E-state index contributed by atoms with van der Waals surface area (Å²) in [6.07, 6.45) is 0.922. The van der Waals surface area contributed by atoms with Crippen LogP contribution >= 0.6 is 11.3 Å². The second-order valence-electron chi connectivity index (χ2n) is 3.67. The van der Waals surface area contributed by atoms with Crippen molar-refractivity contribution in [2.45, 2.75) is 26.8 Å². The van der Waals surface area contributed by atoms with E-state index >= 15 is 0 Å². The van der Waals surface area contributed by atoms with Gasteiger partial charge >= 0.3 is 0 Å². The molecule has 7 heteroatoms. The molecule has 18 heavy (non-hydrogen) atoms. The molecule has 6 nitrogen and oxygen atoms in total. The van der Waals surface area contributed by atoms with E-state index in [2.05, 4.69) is 20.7 Å². The van der Waals surface area contributed by atoms with Crippen molar-refractivity contribution in [3.63, 3.8) is 0 Å². The van der Waals surface area contributed by atoms with Crippen LogP contribution in [-0.2, 0) is 11.3 Å². The summed E-state index contributed by atoms with van der Waals surface area (Å²) >= 11 is 1.60. The molecule has 1 rings (SSSR count). The van der Waals surface area contributed by atoms with Gasteiger partial charge in [-0.1, -0.05) is 0 Å². The number of aromatic nitrogens is 1. The van der Waals surface area contributed by atoms with Crippen LogP contribution in [0.1, 0.15) is 24.0 Å². The summed E-state index contributed by atoms with van der Waals surface area (Å²) in [5, 5.41) is 6.11. The molecule has 0 saturated heterocycles. The van der Waals surface area contributed by atoms with Crippen molar-refractivity contribution in [1.29, 1.82) is 0 Å². The SMILES string of the molecule is CCOCCCNC(=NCc1nc(C)cs1)NN. The lowest BCUT2D eigenvalue weighted by atomic mass is 10.4. The quantitative estimate of drug-likeness (QED) is 0.224. The zero-order valence-electron chi connectivity index (χ0n) is 10.9. The monoisotopic (exact) mass is 271 g/mol. The summed E-state index contributed by atoms with van der Waals surface area (Å²) in [4.78, 5) is 8.65. The second-order valence-corrected chi connectivity index (χ2v) is 4.61. The zero-order valence-corrected chi connectivity index (χ0v) is 11.7. The molecule has 1 aromatic rings. The molecular weight excluding hydrogens is 250 g/mol. The van der Waals surface area contributed by atoms with Crippen molar-refractivity contribution < 1.29 is 4.74 Å². The minimum absolute atomic E-state index is 0.538. The Kier molecular flexibility index (Phi) is 7.31. The fourth-order valence-electron chi connectivity index (χ4n) is 1.30. The third kappa shape index (κ3) is 5.95. The number of guanidine groups is 1. The van der Waals surface area contributed by atoms with Gasteiger partial charge in [0.2, 0.25) is 5.96 Å². The van der Waals surface area contributed by atoms with Crippen molar-refractivity contribution in [1.82, 2.24) is 15.7 Å². The molecule has 0 atom stereocenters. The summed E-state index contributed by atoms with van der Waals surface area (Å²) in [5.41, 5.74) is 3.57. The Balaban J connectivity index is 2.27. The summed E-state index contributed by atoms with van der Waals surface area (Å²) in [6, 6.07) is 0. The van der Waals surface area contributed by atoms with Gasteiger partial charge in [0.1, 0.15) is 5.01 Å². The highest BCUT2D eigenvalue weighted by Gasteiger charge is 1.99. The molecule has 0 aliphatic carbocycles. The molecule has 0 aliphatic rings. The molecule has 0 fully saturated rings. The first-order valence-corrected chi connectivity index (χ1v) is 6.88. The fourth-order valence-corrected chi connectivity index (χ4v) is 2.00. The highest BCUT2D eigenvalue weighted by atomic mass is 32.1. The average Bonchev–Trinajstić information content (AvgIpc) is 2.78. The number of aliphatic imine (C=N–C) groups is 1. The predicted octanol–water partition coefficient (Wildman–Crippen LogP) is 0.787. The van der Waals surface area contributed by atoms with Gasteiger partial charge < -0.3 is 10.1 Å². The fraction of sp³-hybridized carbons (Fsp3) is 0.636. The molecule has 4 N–H and O–H groups in total. The average molecular weight is 271 g/mol. The normalized spacial score (nSPS) is 11.6. The largest absolute Gasteiger partial charge is 0.382 e. The van der Waals surface area contributed by atoms with Crippen LogP contribution in [0.5, 0.6) is 0 Å². The van der Waals surface area contributed by atoms with Crippen LogP contribution in [0.2, 0.25) is 0 Å². The first kappa shape index (κ1) is 14.9. The lowest BCUT2D eigenvalue weighted by molar-refractivity contribution is 0.145. The molecule has 102 valence electrons. The minimum Gasteiger partial charge on any atom is -0.382 e. The number of rotatable bonds is 7. The van der Waals surface area contributed by atoms with Gasteiger partial charge in [0.15, 0.2) is 0 Å². The number of nitrogens with one attached hydrogen (secondary N) is 2. The highest BCUT2D eigenvalue weighted by Crippen LogP contribution is 2.09. The van der Waals surface area contributed by atoms with Crippen LogP contribution in [0.15, 0.2) is 10.4 Å². The summed E-state index contributed by atoms with van der Waals surface area (Å²) < 4.78 is 5.24. The summed E-state index contributed by atoms with van der Waals surface area (Å²) in [7, 11) is 0. The predicted molar refractivity (Wildman–Crippen MR) is 74.4 cm³/mol. The third-order valence-electron chi connectivity index (χ3n) is 2.14. The molecule has 0 unspecified atom stereocenters. The van der Waals surface area contributed by atoms with E-state index in [9.17, 15) is 0 Å². The Morgan fingerprint density at radius 1 is 1.61 bits per heavy atom. The maximum Gasteiger partial charge on any atom is 0.206 e. The van der Waals surface area contributed by atoms with E-state index in [1.165, 1.54) is 0 Å².